The Bertz CT molecular complexity index is 798. The number of rotatable bonds is 4. The van der Waals surface area contributed by atoms with Crippen LogP contribution in [-0.2, 0) is 11.8 Å². The molecule has 0 aromatic carbocycles. The van der Waals surface area contributed by atoms with Crippen LogP contribution < -0.4 is 5.56 Å². The molecule has 2 rings (SSSR count). The number of pyridine rings is 2. The van der Waals surface area contributed by atoms with Crippen LogP contribution in [0.3, 0.4) is 0 Å². The summed E-state index contributed by atoms with van der Waals surface area (Å²) < 4.78 is 6.83. The Balaban J connectivity index is 2.79. The zero-order chi connectivity index (χ0) is 15.4. The molecule has 2 aromatic rings. The fourth-order valence-electron chi connectivity index (χ4n) is 2.20. The van der Waals surface area contributed by atoms with Gasteiger partial charge in [0.25, 0.3) is 5.56 Å². The highest BCUT2D eigenvalue weighted by atomic mass is 16.5. The first-order valence-corrected chi connectivity index (χ1v) is 6.60. The van der Waals surface area contributed by atoms with E-state index in [4.69, 9.17) is 4.74 Å². The normalized spacial score (nSPS) is 12.5. The Hall–Kier alpha value is -2.62. The van der Waals surface area contributed by atoms with Crippen LogP contribution in [0.5, 0.6) is 0 Å². The number of methoxy groups -OCH3 is 1. The first-order valence-electron chi connectivity index (χ1n) is 6.60. The minimum absolute atomic E-state index is 0.0664. The lowest BCUT2D eigenvalue weighted by atomic mass is 10.0. The molecule has 0 aliphatic heterocycles. The van der Waals surface area contributed by atoms with Crippen LogP contribution in [0.4, 0.5) is 0 Å². The van der Waals surface area contributed by atoms with Gasteiger partial charge in [-0.1, -0.05) is 12.7 Å². The summed E-state index contributed by atoms with van der Waals surface area (Å²) in [6.07, 6.45) is 10.6. The summed E-state index contributed by atoms with van der Waals surface area (Å²) in [6.45, 7) is 5.77. The third-order valence-corrected chi connectivity index (χ3v) is 3.33. The third-order valence-electron chi connectivity index (χ3n) is 3.33. The molecular weight excluding hydrogens is 264 g/mol. The standard InChI is InChI=1S/C17H18N2O2/c1-5-12(9-13(6-2)21-4)16-11-19(3)17(20)15-10-18-8-7-14(15)16/h5-11H,1H2,2-4H3/b12-9+,13-6-. The topological polar surface area (TPSA) is 44.1 Å². The molecule has 0 saturated carbocycles. The van der Waals surface area contributed by atoms with E-state index < -0.39 is 0 Å². The molecule has 2 heterocycles. The molecule has 4 nitrogen and oxygen atoms in total. The molecule has 21 heavy (non-hydrogen) atoms. The van der Waals surface area contributed by atoms with E-state index in [1.54, 1.807) is 43.4 Å². The zero-order valence-electron chi connectivity index (χ0n) is 12.5. The molecule has 0 saturated heterocycles. The van der Waals surface area contributed by atoms with Crippen LogP contribution in [0.25, 0.3) is 16.3 Å². The fourth-order valence-corrected chi connectivity index (χ4v) is 2.20. The van der Waals surface area contributed by atoms with Crippen molar-refractivity contribution in [1.29, 1.82) is 0 Å². The predicted octanol–water partition coefficient (Wildman–Crippen LogP) is 3.05. The highest BCUT2D eigenvalue weighted by molar-refractivity contribution is 5.95. The van der Waals surface area contributed by atoms with Crippen LogP contribution >= 0.6 is 0 Å². The minimum atomic E-state index is -0.0664. The summed E-state index contributed by atoms with van der Waals surface area (Å²) in [5, 5.41) is 1.44. The lowest BCUT2D eigenvalue weighted by molar-refractivity contribution is 0.306. The highest BCUT2D eigenvalue weighted by Crippen LogP contribution is 2.24. The summed E-state index contributed by atoms with van der Waals surface area (Å²) >= 11 is 0. The lowest BCUT2D eigenvalue weighted by Crippen LogP contribution is -2.17. The molecule has 0 fully saturated rings. The van der Waals surface area contributed by atoms with Crippen molar-refractivity contribution in [3.8, 4) is 0 Å². The molecule has 0 bridgehead atoms. The molecule has 0 N–H and O–H groups in total. The molecule has 108 valence electrons. The summed E-state index contributed by atoms with van der Waals surface area (Å²) in [4.78, 5) is 16.2. The first-order chi connectivity index (χ1) is 10.1. The van der Waals surface area contributed by atoms with Crippen molar-refractivity contribution in [1.82, 2.24) is 9.55 Å². The Morgan fingerprint density at radius 3 is 2.81 bits per heavy atom. The number of hydrogen-bond acceptors (Lipinski definition) is 3. The van der Waals surface area contributed by atoms with Gasteiger partial charge < -0.3 is 9.30 Å². The molecule has 0 spiro atoms. The number of hydrogen-bond donors (Lipinski definition) is 0. The average Bonchev–Trinajstić information content (AvgIpc) is 2.53. The second kappa shape index (κ2) is 6.22. The number of nitrogens with zero attached hydrogens (tertiary/aromatic N) is 2. The maximum atomic E-state index is 12.2. The molecule has 0 atom stereocenters. The van der Waals surface area contributed by atoms with Crippen LogP contribution in [-0.4, -0.2) is 16.7 Å². The van der Waals surface area contributed by atoms with E-state index in [9.17, 15) is 4.79 Å². The van der Waals surface area contributed by atoms with Gasteiger partial charge in [0, 0.05) is 31.2 Å². The van der Waals surface area contributed by atoms with Crippen LogP contribution in [0.1, 0.15) is 12.5 Å². The molecule has 0 aliphatic rings. The van der Waals surface area contributed by atoms with Gasteiger partial charge in [-0.25, -0.2) is 0 Å². The van der Waals surface area contributed by atoms with Gasteiger partial charge in [-0.05, 0) is 36.1 Å². The molecular formula is C17H18N2O2. The van der Waals surface area contributed by atoms with E-state index in [-0.39, 0.29) is 5.56 Å². The summed E-state index contributed by atoms with van der Waals surface area (Å²) in [5.74, 6) is 0.737. The van der Waals surface area contributed by atoms with Gasteiger partial charge in [-0.15, -0.1) is 0 Å². The smallest absolute Gasteiger partial charge is 0.259 e. The van der Waals surface area contributed by atoms with E-state index in [0.717, 1.165) is 22.3 Å². The van der Waals surface area contributed by atoms with Gasteiger partial charge >= 0.3 is 0 Å². The fraction of sp³-hybridized carbons (Fsp3) is 0.176. The van der Waals surface area contributed by atoms with Crippen LogP contribution in [0.15, 0.2) is 60.0 Å². The second-order valence-corrected chi connectivity index (χ2v) is 4.58. The van der Waals surface area contributed by atoms with Crippen molar-refractivity contribution in [2.75, 3.05) is 7.11 Å². The number of aromatic nitrogens is 2. The Morgan fingerprint density at radius 1 is 1.43 bits per heavy atom. The number of fused-ring (bicyclic) bond motifs is 1. The molecule has 4 heteroatoms. The Morgan fingerprint density at radius 2 is 2.19 bits per heavy atom. The highest BCUT2D eigenvalue weighted by Gasteiger charge is 2.09. The van der Waals surface area contributed by atoms with Crippen molar-refractivity contribution in [2.45, 2.75) is 6.92 Å². The van der Waals surface area contributed by atoms with Crippen molar-refractivity contribution in [3.05, 3.63) is 71.1 Å². The molecule has 2 aromatic heterocycles. The van der Waals surface area contributed by atoms with E-state index in [1.807, 2.05) is 25.1 Å². The van der Waals surface area contributed by atoms with E-state index in [0.29, 0.717) is 5.39 Å². The quantitative estimate of drug-likeness (QED) is 0.639. The van der Waals surface area contributed by atoms with E-state index in [2.05, 4.69) is 11.6 Å². The number of aryl methyl sites for hydroxylation is 1. The summed E-state index contributed by atoms with van der Waals surface area (Å²) in [7, 11) is 3.35. The van der Waals surface area contributed by atoms with E-state index in [1.165, 1.54) is 0 Å². The maximum absolute atomic E-state index is 12.2. The van der Waals surface area contributed by atoms with Crippen molar-refractivity contribution in [3.63, 3.8) is 0 Å². The SMILES string of the molecule is C=C/C(=C\C(=C\C)OC)c1cn(C)c(=O)c2cnccc12. The number of ether oxygens (including phenoxy) is 1. The van der Waals surface area contributed by atoms with Gasteiger partial charge in [0.15, 0.2) is 0 Å². The number of allylic oxidation sites excluding steroid dienone is 4. The van der Waals surface area contributed by atoms with Crippen molar-refractivity contribution >= 4 is 16.3 Å². The molecule has 0 aliphatic carbocycles. The van der Waals surface area contributed by atoms with Gasteiger partial charge in [-0.3, -0.25) is 9.78 Å². The zero-order valence-corrected chi connectivity index (χ0v) is 12.5. The third kappa shape index (κ3) is 2.79. The molecule has 0 radical (unpaired) electrons. The monoisotopic (exact) mass is 282 g/mol. The second-order valence-electron chi connectivity index (χ2n) is 4.58. The average molecular weight is 282 g/mol. The molecule has 0 amide bonds. The predicted molar refractivity (Wildman–Crippen MR) is 85.9 cm³/mol. The maximum Gasteiger partial charge on any atom is 0.259 e. The van der Waals surface area contributed by atoms with Crippen molar-refractivity contribution < 1.29 is 4.74 Å². The van der Waals surface area contributed by atoms with Gasteiger partial charge in [-0.2, -0.15) is 0 Å². The van der Waals surface area contributed by atoms with Crippen LogP contribution in [0, 0.1) is 0 Å². The first kappa shape index (κ1) is 14.8. The van der Waals surface area contributed by atoms with E-state index >= 15 is 0 Å². The minimum Gasteiger partial charge on any atom is -0.497 e. The summed E-state index contributed by atoms with van der Waals surface area (Å²) in [6, 6.07) is 1.84. The molecule has 0 unspecified atom stereocenters. The summed E-state index contributed by atoms with van der Waals surface area (Å²) in [5.41, 5.74) is 1.74. The Labute approximate surface area is 123 Å². The van der Waals surface area contributed by atoms with Gasteiger partial charge in [0.05, 0.1) is 12.5 Å². The van der Waals surface area contributed by atoms with Gasteiger partial charge in [0.1, 0.15) is 5.76 Å². The van der Waals surface area contributed by atoms with Gasteiger partial charge in [0.2, 0.25) is 0 Å². The van der Waals surface area contributed by atoms with Crippen LogP contribution in [0.2, 0.25) is 0 Å². The van der Waals surface area contributed by atoms with Crippen molar-refractivity contribution in [2.24, 2.45) is 7.05 Å². The lowest BCUT2D eigenvalue weighted by Gasteiger charge is -2.10. The Kier molecular flexibility index (Phi) is 4.38. The largest absolute Gasteiger partial charge is 0.497 e.